The topological polar surface area (TPSA) is 84.5 Å². The van der Waals surface area contributed by atoms with Crippen molar-refractivity contribution in [3.63, 3.8) is 0 Å². The van der Waals surface area contributed by atoms with E-state index in [0.29, 0.717) is 25.0 Å². The van der Waals surface area contributed by atoms with Crippen LogP contribution in [0.1, 0.15) is 31.4 Å². The lowest BCUT2D eigenvalue weighted by Crippen LogP contribution is -2.50. The molecule has 0 radical (unpaired) electrons. The Morgan fingerprint density at radius 2 is 2.00 bits per heavy atom. The van der Waals surface area contributed by atoms with Gasteiger partial charge in [0, 0.05) is 13.4 Å². The number of hydrogen-bond acceptors (Lipinski definition) is 5. The van der Waals surface area contributed by atoms with Crippen LogP contribution < -0.4 is 10.6 Å². The summed E-state index contributed by atoms with van der Waals surface area (Å²) in [7, 11) is -2.05. The van der Waals surface area contributed by atoms with Gasteiger partial charge in [-0.3, -0.25) is 4.79 Å². The Bertz CT molecular complexity index is 731. The SMILES string of the molecule is COCC1(C(=O)NC(C)c2ccc(S(C)(=O)=O)c(F)c2)CCNCC1.Cl. The van der Waals surface area contributed by atoms with Crippen LogP contribution in [0.3, 0.4) is 0 Å². The predicted octanol–water partition coefficient (Wildman–Crippen LogP) is 1.84. The van der Waals surface area contributed by atoms with Crippen molar-refractivity contribution in [1.82, 2.24) is 10.6 Å². The quantitative estimate of drug-likeness (QED) is 0.750. The predicted molar refractivity (Wildman–Crippen MR) is 99.7 cm³/mol. The van der Waals surface area contributed by atoms with Crippen LogP contribution in [0.2, 0.25) is 0 Å². The lowest BCUT2D eigenvalue weighted by Gasteiger charge is -2.36. The van der Waals surface area contributed by atoms with E-state index in [0.717, 1.165) is 25.4 Å². The van der Waals surface area contributed by atoms with Crippen molar-refractivity contribution in [3.8, 4) is 0 Å². The molecular formula is C17H26ClFN2O4S. The molecule has 0 saturated carbocycles. The minimum absolute atomic E-state index is 0. The number of nitrogens with one attached hydrogen (secondary N) is 2. The van der Waals surface area contributed by atoms with Crippen LogP contribution >= 0.6 is 12.4 Å². The number of rotatable bonds is 6. The van der Waals surface area contributed by atoms with Crippen molar-refractivity contribution < 1.29 is 22.3 Å². The molecule has 1 aliphatic rings. The second-order valence-corrected chi connectivity index (χ2v) is 8.60. The first-order valence-corrected chi connectivity index (χ1v) is 10.1. The molecule has 6 nitrogen and oxygen atoms in total. The minimum Gasteiger partial charge on any atom is -0.384 e. The van der Waals surface area contributed by atoms with Gasteiger partial charge in [-0.25, -0.2) is 12.8 Å². The molecule has 148 valence electrons. The number of sulfone groups is 1. The highest BCUT2D eigenvalue weighted by Crippen LogP contribution is 2.30. The Morgan fingerprint density at radius 3 is 2.50 bits per heavy atom. The van der Waals surface area contributed by atoms with Crippen LogP contribution in [0.25, 0.3) is 0 Å². The summed E-state index contributed by atoms with van der Waals surface area (Å²) in [6, 6.07) is 3.47. The first kappa shape index (κ1) is 22.8. The van der Waals surface area contributed by atoms with E-state index in [-0.39, 0.29) is 23.2 Å². The molecule has 1 heterocycles. The molecule has 2 N–H and O–H groups in total. The third-order valence-corrected chi connectivity index (χ3v) is 5.80. The molecule has 1 amide bonds. The van der Waals surface area contributed by atoms with Crippen LogP contribution in [0.5, 0.6) is 0 Å². The highest BCUT2D eigenvalue weighted by molar-refractivity contribution is 7.90. The van der Waals surface area contributed by atoms with E-state index in [1.165, 1.54) is 12.1 Å². The molecule has 1 saturated heterocycles. The van der Waals surface area contributed by atoms with Crippen molar-refractivity contribution in [2.75, 3.05) is 33.1 Å². The van der Waals surface area contributed by atoms with Gasteiger partial charge in [0.05, 0.1) is 18.1 Å². The van der Waals surface area contributed by atoms with Gasteiger partial charge in [-0.05, 0) is 50.6 Å². The number of piperidine rings is 1. The number of carbonyl (C=O) groups excluding carboxylic acids is 1. The van der Waals surface area contributed by atoms with E-state index >= 15 is 0 Å². The largest absolute Gasteiger partial charge is 0.384 e. The monoisotopic (exact) mass is 408 g/mol. The number of ether oxygens (including phenoxy) is 1. The summed E-state index contributed by atoms with van der Waals surface area (Å²) in [5.74, 6) is -0.939. The smallest absolute Gasteiger partial charge is 0.229 e. The van der Waals surface area contributed by atoms with E-state index < -0.39 is 27.1 Å². The first-order chi connectivity index (χ1) is 11.7. The molecule has 2 rings (SSSR count). The summed E-state index contributed by atoms with van der Waals surface area (Å²) in [6.45, 7) is 3.55. The third-order valence-electron chi connectivity index (χ3n) is 4.67. The highest BCUT2D eigenvalue weighted by atomic mass is 35.5. The number of benzene rings is 1. The maximum absolute atomic E-state index is 14.1. The standard InChI is InChI=1S/C17H25FN2O4S.ClH/c1-12(13-4-5-15(14(18)10-13)25(3,22)23)20-16(21)17(11-24-2)6-8-19-9-7-17;/h4-5,10,12,19H,6-9,11H2,1-3H3,(H,20,21);1H. The fourth-order valence-electron chi connectivity index (χ4n) is 3.14. The lowest BCUT2D eigenvalue weighted by molar-refractivity contribution is -0.136. The van der Waals surface area contributed by atoms with E-state index in [1.807, 2.05) is 0 Å². The fraction of sp³-hybridized carbons (Fsp3) is 0.588. The number of halogens is 2. The molecular weight excluding hydrogens is 383 g/mol. The lowest BCUT2D eigenvalue weighted by atomic mass is 9.78. The maximum Gasteiger partial charge on any atom is 0.229 e. The van der Waals surface area contributed by atoms with Crippen molar-refractivity contribution in [2.24, 2.45) is 5.41 Å². The Hall–Kier alpha value is -1.22. The number of hydrogen-bond donors (Lipinski definition) is 2. The normalized spacial score (nSPS) is 17.8. The van der Waals surface area contributed by atoms with Gasteiger partial charge in [-0.15, -0.1) is 12.4 Å². The zero-order chi connectivity index (χ0) is 18.7. The Labute approximate surface area is 160 Å². The van der Waals surface area contributed by atoms with Gasteiger partial charge in [-0.2, -0.15) is 0 Å². The van der Waals surface area contributed by atoms with Crippen LogP contribution in [0.15, 0.2) is 23.1 Å². The molecule has 0 aromatic heterocycles. The van der Waals surface area contributed by atoms with Crippen molar-refractivity contribution in [3.05, 3.63) is 29.6 Å². The zero-order valence-corrected chi connectivity index (χ0v) is 16.8. The second-order valence-electron chi connectivity index (χ2n) is 6.62. The summed E-state index contributed by atoms with van der Waals surface area (Å²) in [4.78, 5) is 12.5. The molecule has 1 aromatic rings. The highest BCUT2D eigenvalue weighted by Gasteiger charge is 2.40. The Balaban J connectivity index is 0.00000338. The van der Waals surface area contributed by atoms with Crippen LogP contribution in [0.4, 0.5) is 4.39 Å². The van der Waals surface area contributed by atoms with Crippen molar-refractivity contribution >= 4 is 28.2 Å². The average molecular weight is 409 g/mol. The van der Waals surface area contributed by atoms with E-state index in [2.05, 4.69) is 10.6 Å². The molecule has 1 aromatic carbocycles. The van der Waals surface area contributed by atoms with E-state index in [1.54, 1.807) is 14.0 Å². The number of methoxy groups -OCH3 is 1. The van der Waals surface area contributed by atoms with Crippen molar-refractivity contribution in [1.29, 1.82) is 0 Å². The summed E-state index contributed by atoms with van der Waals surface area (Å²) in [5.41, 5.74) is -0.0841. The first-order valence-electron chi connectivity index (χ1n) is 8.20. The minimum atomic E-state index is -3.62. The Kier molecular flexibility index (Phi) is 8.01. The van der Waals surface area contributed by atoms with Gasteiger partial charge in [0.2, 0.25) is 5.91 Å². The maximum atomic E-state index is 14.1. The molecule has 0 aliphatic carbocycles. The molecule has 0 bridgehead atoms. The van der Waals surface area contributed by atoms with Gasteiger partial charge >= 0.3 is 0 Å². The van der Waals surface area contributed by atoms with Crippen LogP contribution in [-0.2, 0) is 19.4 Å². The average Bonchev–Trinajstić information content (AvgIpc) is 2.54. The summed E-state index contributed by atoms with van der Waals surface area (Å²) in [5, 5.41) is 6.14. The van der Waals surface area contributed by atoms with Crippen molar-refractivity contribution in [2.45, 2.75) is 30.7 Å². The number of carbonyl (C=O) groups is 1. The molecule has 0 spiro atoms. The van der Waals surface area contributed by atoms with Gasteiger partial charge < -0.3 is 15.4 Å². The van der Waals surface area contributed by atoms with Gasteiger partial charge in [0.1, 0.15) is 10.7 Å². The molecule has 9 heteroatoms. The third kappa shape index (κ3) is 5.16. The fourth-order valence-corrected chi connectivity index (χ4v) is 3.87. The molecule has 1 aliphatic heterocycles. The summed E-state index contributed by atoms with van der Waals surface area (Å²) >= 11 is 0. The van der Waals surface area contributed by atoms with E-state index in [9.17, 15) is 17.6 Å². The summed E-state index contributed by atoms with van der Waals surface area (Å²) < 4.78 is 42.3. The zero-order valence-electron chi connectivity index (χ0n) is 15.2. The summed E-state index contributed by atoms with van der Waals surface area (Å²) in [6.07, 6.45) is 2.30. The molecule has 1 fully saturated rings. The second kappa shape index (κ2) is 9.12. The van der Waals surface area contributed by atoms with Crippen LogP contribution in [0, 0.1) is 11.2 Å². The van der Waals surface area contributed by atoms with Gasteiger partial charge in [0.25, 0.3) is 0 Å². The molecule has 1 unspecified atom stereocenters. The van der Waals surface area contributed by atoms with Gasteiger partial charge in [0.15, 0.2) is 9.84 Å². The van der Waals surface area contributed by atoms with Gasteiger partial charge in [-0.1, -0.05) is 6.07 Å². The molecule has 1 atom stereocenters. The van der Waals surface area contributed by atoms with E-state index in [4.69, 9.17) is 4.74 Å². The Morgan fingerprint density at radius 1 is 1.38 bits per heavy atom. The van der Waals surface area contributed by atoms with Crippen LogP contribution in [-0.4, -0.2) is 47.4 Å². The number of amides is 1. The molecule has 26 heavy (non-hydrogen) atoms.